The highest BCUT2D eigenvalue weighted by molar-refractivity contribution is 5.93. The van der Waals surface area contributed by atoms with Crippen LogP contribution in [0.15, 0.2) is 54.6 Å². The van der Waals surface area contributed by atoms with Gasteiger partial charge in [0.1, 0.15) is 0 Å². The Hall–Kier alpha value is -2.38. The summed E-state index contributed by atoms with van der Waals surface area (Å²) in [7, 11) is 0. The highest BCUT2D eigenvalue weighted by Gasteiger charge is 2.46. The number of hydrogen-bond donors (Lipinski definition) is 2. The molecule has 1 amide bonds. The number of nitrogens with zero attached hydrogens (tertiary/aromatic N) is 1. The van der Waals surface area contributed by atoms with Crippen molar-refractivity contribution in [2.45, 2.75) is 44.0 Å². The first-order valence-electron chi connectivity index (χ1n) is 9.75. The third kappa shape index (κ3) is 5.81. The lowest BCUT2D eigenvalue weighted by molar-refractivity contribution is -0.224. The summed E-state index contributed by atoms with van der Waals surface area (Å²) in [5.41, 5.74) is 2.67. The van der Waals surface area contributed by atoms with Crippen molar-refractivity contribution in [2.24, 2.45) is 0 Å². The largest absolute Gasteiger partial charge is 0.415 e. The summed E-state index contributed by atoms with van der Waals surface area (Å²) in [6.07, 6.45) is -4.97. The number of amides is 1. The van der Waals surface area contributed by atoms with Crippen LogP contribution in [0.5, 0.6) is 0 Å². The Morgan fingerprint density at radius 3 is 2.52 bits per heavy atom. The van der Waals surface area contributed by atoms with Gasteiger partial charge in [-0.15, -0.1) is 0 Å². The van der Waals surface area contributed by atoms with Crippen LogP contribution >= 0.6 is 0 Å². The van der Waals surface area contributed by atoms with E-state index in [1.165, 1.54) is 4.90 Å². The number of carbonyl (C=O) groups is 1. The first-order valence-corrected chi connectivity index (χ1v) is 9.75. The lowest BCUT2D eigenvalue weighted by Crippen LogP contribution is -2.54. The minimum Gasteiger partial charge on any atom is -0.382 e. The number of piperidine rings is 1. The molecule has 0 bridgehead atoms. The van der Waals surface area contributed by atoms with E-state index in [0.29, 0.717) is 31.5 Å². The monoisotopic (exact) mass is 406 g/mol. The van der Waals surface area contributed by atoms with E-state index in [0.717, 1.165) is 11.1 Å². The van der Waals surface area contributed by atoms with Gasteiger partial charge in [-0.2, -0.15) is 13.2 Å². The molecule has 0 aliphatic carbocycles. The number of anilines is 1. The topological polar surface area (TPSA) is 52.6 Å². The molecule has 4 nitrogen and oxygen atoms in total. The van der Waals surface area contributed by atoms with Crippen molar-refractivity contribution in [2.75, 3.05) is 18.4 Å². The lowest BCUT2D eigenvalue weighted by Gasteiger charge is -2.38. The first-order chi connectivity index (χ1) is 13.8. The van der Waals surface area contributed by atoms with E-state index in [2.05, 4.69) is 5.32 Å². The second-order valence-electron chi connectivity index (χ2n) is 7.39. The van der Waals surface area contributed by atoms with E-state index in [4.69, 9.17) is 0 Å². The molecule has 1 saturated heterocycles. The molecule has 2 aromatic carbocycles. The van der Waals surface area contributed by atoms with Gasteiger partial charge in [-0.3, -0.25) is 9.69 Å². The molecule has 156 valence electrons. The van der Waals surface area contributed by atoms with E-state index in [-0.39, 0.29) is 18.9 Å². The molecule has 3 rings (SSSR count). The van der Waals surface area contributed by atoms with Crippen molar-refractivity contribution in [3.63, 3.8) is 0 Å². The van der Waals surface area contributed by atoms with Crippen LogP contribution in [0.25, 0.3) is 0 Å². The van der Waals surface area contributed by atoms with Gasteiger partial charge in [-0.1, -0.05) is 55.0 Å². The zero-order chi connectivity index (χ0) is 20.9. The molecule has 0 radical (unpaired) electrons. The third-order valence-corrected chi connectivity index (χ3v) is 5.24. The molecule has 0 spiro atoms. The predicted octanol–water partition coefficient (Wildman–Crippen LogP) is 3.99. The minimum absolute atomic E-state index is 0.183. The average molecular weight is 406 g/mol. The van der Waals surface area contributed by atoms with E-state index in [1.54, 1.807) is 12.1 Å². The standard InChI is InChI=1S/C22H25F3N2O2/c23-22(24,25)21(29)19-12-6-7-13-27(19)15-20(28)26-18-11-5-4-10-17(18)14-16-8-2-1-3-9-16/h1-5,8-11,19,21,29H,6-7,12-15H2,(H,26,28)/t19-,21+/m0/s1. The maximum Gasteiger partial charge on any atom is 0.415 e. The van der Waals surface area contributed by atoms with Crippen molar-refractivity contribution in [3.05, 3.63) is 65.7 Å². The Morgan fingerprint density at radius 1 is 1.10 bits per heavy atom. The number of carbonyl (C=O) groups excluding carboxylic acids is 1. The fourth-order valence-electron chi connectivity index (χ4n) is 3.78. The smallest absolute Gasteiger partial charge is 0.382 e. The summed E-state index contributed by atoms with van der Waals surface area (Å²) in [4.78, 5) is 14.0. The number of alkyl halides is 3. The molecular weight excluding hydrogens is 381 g/mol. The van der Waals surface area contributed by atoms with Gasteiger partial charge in [-0.25, -0.2) is 0 Å². The van der Waals surface area contributed by atoms with Gasteiger partial charge in [0.05, 0.1) is 6.54 Å². The van der Waals surface area contributed by atoms with Crippen molar-refractivity contribution >= 4 is 11.6 Å². The second-order valence-corrected chi connectivity index (χ2v) is 7.39. The molecule has 2 N–H and O–H groups in total. The van der Waals surface area contributed by atoms with Crippen LogP contribution in [-0.2, 0) is 11.2 Å². The molecule has 2 atom stereocenters. The molecular formula is C22H25F3N2O2. The molecule has 7 heteroatoms. The van der Waals surface area contributed by atoms with Crippen molar-refractivity contribution in [3.8, 4) is 0 Å². The molecule has 0 saturated carbocycles. The van der Waals surface area contributed by atoms with Crippen LogP contribution < -0.4 is 5.32 Å². The van der Waals surface area contributed by atoms with Gasteiger partial charge < -0.3 is 10.4 Å². The third-order valence-electron chi connectivity index (χ3n) is 5.24. The number of halogens is 3. The minimum atomic E-state index is -4.70. The van der Waals surface area contributed by atoms with Crippen LogP contribution in [0.3, 0.4) is 0 Å². The quantitative estimate of drug-likeness (QED) is 0.763. The van der Waals surface area contributed by atoms with Crippen molar-refractivity contribution in [1.82, 2.24) is 4.90 Å². The van der Waals surface area contributed by atoms with Gasteiger partial charge in [0.2, 0.25) is 5.91 Å². The maximum atomic E-state index is 13.0. The van der Waals surface area contributed by atoms with Crippen molar-refractivity contribution < 1.29 is 23.1 Å². The number of hydrogen-bond acceptors (Lipinski definition) is 3. The number of likely N-dealkylation sites (tertiary alicyclic amines) is 1. The van der Waals surface area contributed by atoms with Gasteiger partial charge in [-0.05, 0) is 43.0 Å². The van der Waals surface area contributed by atoms with Crippen LogP contribution in [0.1, 0.15) is 30.4 Å². The van der Waals surface area contributed by atoms with E-state index in [1.807, 2.05) is 42.5 Å². The molecule has 29 heavy (non-hydrogen) atoms. The van der Waals surface area contributed by atoms with E-state index < -0.39 is 18.3 Å². The Kier molecular flexibility index (Phi) is 6.92. The van der Waals surface area contributed by atoms with Gasteiger partial charge in [0, 0.05) is 11.7 Å². The van der Waals surface area contributed by atoms with Gasteiger partial charge >= 0.3 is 6.18 Å². The molecule has 2 aromatic rings. The van der Waals surface area contributed by atoms with Crippen LogP contribution in [0, 0.1) is 0 Å². The number of benzene rings is 2. The van der Waals surface area contributed by atoms with Crippen molar-refractivity contribution in [1.29, 1.82) is 0 Å². The highest BCUT2D eigenvalue weighted by atomic mass is 19.4. The molecule has 1 aliphatic heterocycles. The van der Waals surface area contributed by atoms with Crippen LogP contribution in [0.4, 0.5) is 18.9 Å². The molecule has 1 heterocycles. The molecule has 1 fully saturated rings. The van der Waals surface area contributed by atoms with Gasteiger partial charge in [0.15, 0.2) is 6.10 Å². The Balaban J connectivity index is 1.67. The summed E-state index contributed by atoms with van der Waals surface area (Å²) in [6, 6.07) is 16.1. The summed E-state index contributed by atoms with van der Waals surface area (Å²) in [5.74, 6) is -0.383. The number of para-hydroxylation sites is 1. The second kappa shape index (κ2) is 9.41. The Labute approximate surface area is 168 Å². The number of aliphatic hydroxyl groups is 1. The number of rotatable bonds is 6. The molecule has 0 unspecified atom stereocenters. The molecule has 0 aromatic heterocycles. The summed E-state index contributed by atoms with van der Waals surface area (Å²) in [5, 5.41) is 12.5. The lowest BCUT2D eigenvalue weighted by atomic mass is 9.97. The van der Waals surface area contributed by atoms with E-state index >= 15 is 0 Å². The average Bonchev–Trinajstić information content (AvgIpc) is 2.69. The zero-order valence-electron chi connectivity index (χ0n) is 16.0. The summed E-state index contributed by atoms with van der Waals surface area (Å²) >= 11 is 0. The normalized spacial score (nSPS) is 19.0. The predicted molar refractivity (Wildman–Crippen MR) is 106 cm³/mol. The number of nitrogens with one attached hydrogen (secondary N) is 1. The summed E-state index contributed by atoms with van der Waals surface area (Å²) < 4.78 is 38.9. The highest BCUT2D eigenvalue weighted by Crippen LogP contribution is 2.30. The maximum absolute atomic E-state index is 13.0. The van der Waals surface area contributed by atoms with Crippen LogP contribution in [0.2, 0.25) is 0 Å². The van der Waals surface area contributed by atoms with Crippen LogP contribution in [-0.4, -0.2) is 47.3 Å². The number of aliphatic hydroxyl groups excluding tert-OH is 1. The SMILES string of the molecule is O=C(CN1CCCC[C@H]1[C@@H](O)C(F)(F)F)Nc1ccccc1Cc1ccccc1. The fraction of sp³-hybridized carbons (Fsp3) is 0.409. The van der Waals surface area contributed by atoms with E-state index in [9.17, 15) is 23.1 Å². The summed E-state index contributed by atoms with van der Waals surface area (Å²) in [6.45, 7) is 0.175. The Bertz CT molecular complexity index is 811. The first kappa shape index (κ1) is 21.3. The fourth-order valence-corrected chi connectivity index (χ4v) is 3.78. The zero-order valence-corrected chi connectivity index (χ0v) is 16.0. The van der Waals surface area contributed by atoms with Gasteiger partial charge in [0.25, 0.3) is 0 Å². The molecule has 1 aliphatic rings. The Morgan fingerprint density at radius 2 is 1.79 bits per heavy atom.